The molecule has 0 radical (unpaired) electrons. The van der Waals surface area contributed by atoms with Gasteiger partial charge in [0.25, 0.3) is 0 Å². The van der Waals surface area contributed by atoms with E-state index in [-0.39, 0.29) is 6.04 Å². The zero-order valence-corrected chi connectivity index (χ0v) is 8.40. The van der Waals surface area contributed by atoms with Crippen molar-refractivity contribution < 1.29 is 0 Å². The van der Waals surface area contributed by atoms with Gasteiger partial charge in [-0.2, -0.15) is 0 Å². The molecule has 0 fully saturated rings. The minimum absolute atomic E-state index is 0.0770. The van der Waals surface area contributed by atoms with Gasteiger partial charge in [0.2, 0.25) is 0 Å². The van der Waals surface area contributed by atoms with Gasteiger partial charge in [-0.3, -0.25) is 0 Å². The molecule has 1 rings (SSSR count). The molecule has 2 N–H and O–H groups in total. The van der Waals surface area contributed by atoms with Crippen molar-refractivity contribution in [2.75, 3.05) is 0 Å². The molecule has 4 heteroatoms. The SMILES string of the molecule is CCCc1nnc(C(N)CC)s1. The highest BCUT2D eigenvalue weighted by Crippen LogP contribution is 2.18. The third-order valence-electron chi connectivity index (χ3n) is 1.70. The summed E-state index contributed by atoms with van der Waals surface area (Å²) in [6, 6.07) is 0.0770. The van der Waals surface area contributed by atoms with Gasteiger partial charge >= 0.3 is 0 Å². The molecule has 1 aromatic heterocycles. The van der Waals surface area contributed by atoms with E-state index < -0.39 is 0 Å². The minimum Gasteiger partial charge on any atom is -0.322 e. The van der Waals surface area contributed by atoms with Crippen LogP contribution in [0.2, 0.25) is 0 Å². The van der Waals surface area contributed by atoms with Crippen molar-refractivity contribution in [2.24, 2.45) is 5.73 Å². The van der Waals surface area contributed by atoms with Crippen LogP contribution in [0.25, 0.3) is 0 Å². The normalized spacial score (nSPS) is 13.2. The Morgan fingerprint density at radius 3 is 2.75 bits per heavy atom. The van der Waals surface area contributed by atoms with Crippen molar-refractivity contribution in [1.29, 1.82) is 0 Å². The summed E-state index contributed by atoms with van der Waals surface area (Å²) in [4.78, 5) is 0. The third-order valence-corrected chi connectivity index (χ3v) is 2.82. The summed E-state index contributed by atoms with van der Waals surface area (Å²) in [5.74, 6) is 0. The molecule has 0 aliphatic rings. The predicted molar refractivity (Wildman–Crippen MR) is 51.1 cm³/mol. The summed E-state index contributed by atoms with van der Waals surface area (Å²) in [6.07, 6.45) is 3.07. The lowest BCUT2D eigenvalue weighted by Crippen LogP contribution is -2.07. The molecule has 0 aromatic carbocycles. The molecule has 3 nitrogen and oxygen atoms in total. The second kappa shape index (κ2) is 4.52. The minimum atomic E-state index is 0.0770. The molecular weight excluding hydrogens is 170 g/mol. The van der Waals surface area contributed by atoms with Crippen LogP contribution in [0.1, 0.15) is 42.7 Å². The van der Waals surface area contributed by atoms with Crippen molar-refractivity contribution >= 4 is 11.3 Å². The Kier molecular flexibility index (Phi) is 3.62. The van der Waals surface area contributed by atoms with E-state index in [1.165, 1.54) is 0 Å². The third kappa shape index (κ3) is 2.25. The van der Waals surface area contributed by atoms with E-state index >= 15 is 0 Å². The molecule has 0 amide bonds. The van der Waals surface area contributed by atoms with Gasteiger partial charge in [-0.25, -0.2) is 0 Å². The van der Waals surface area contributed by atoms with Crippen molar-refractivity contribution in [2.45, 2.75) is 39.2 Å². The largest absolute Gasteiger partial charge is 0.322 e. The smallest absolute Gasteiger partial charge is 0.134 e. The molecule has 1 atom stereocenters. The van der Waals surface area contributed by atoms with Crippen LogP contribution in [-0.4, -0.2) is 10.2 Å². The van der Waals surface area contributed by atoms with Gasteiger partial charge in [-0.15, -0.1) is 10.2 Å². The van der Waals surface area contributed by atoms with Crippen LogP contribution in [-0.2, 0) is 6.42 Å². The molecule has 0 saturated heterocycles. The van der Waals surface area contributed by atoms with Gasteiger partial charge in [0.1, 0.15) is 10.0 Å². The summed E-state index contributed by atoms with van der Waals surface area (Å²) < 4.78 is 0. The monoisotopic (exact) mass is 185 g/mol. The summed E-state index contributed by atoms with van der Waals surface area (Å²) in [5.41, 5.74) is 5.81. The first-order valence-corrected chi connectivity index (χ1v) is 5.17. The van der Waals surface area contributed by atoms with Gasteiger partial charge in [-0.05, 0) is 12.8 Å². The number of hydrogen-bond acceptors (Lipinski definition) is 4. The van der Waals surface area contributed by atoms with E-state index in [2.05, 4.69) is 24.0 Å². The van der Waals surface area contributed by atoms with E-state index in [0.717, 1.165) is 29.3 Å². The highest BCUT2D eigenvalue weighted by Gasteiger charge is 2.09. The van der Waals surface area contributed by atoms with Gasteiger partial charge in [0.15, 0.2) is 0 Å². The van der Waals surface area contributed by atoms with Crippen molar-refractivity contribution in [1.82, 2.24) is 10.2 Å². The van der Waals surface area contributed by atoms with Crippen LogP contribution >= 0.6 is 11.3 Å². The van der Waals surface area contributed by atoms with Crippen LogP contribution in [0.4, 0.5) is 0 Å². The number of nitrogens with zero attached hydrogens (tertiary/aromatic N) is 2. The van der Waals surface area contributed by atoms with Gasteiger partial charge < -0.3 is 5.73 Å². The summed E-state index contributed by atoms with van der Waals surface area (Å²) in [5, 5.41) is 10.2. The Balaban J connectivity index is 2.63. The molecule has 1 unspecified atom stereocenters. The predicted octanol–water partition coefficient (Wildman–Crippen LogP) is 1.90. The number of hydrogen-bond donors (Lipinski definition) is 1. The fraction of sp³-hybridized carbons (Fsp3) is 0.750. The summed E-state index contributed by atoms with van der Waals surface area (Å²) in [7, 11) is 0. The molecule has 0 spiro atoms. The first-order valence-electron chi connectivity index (χ1n) is 4.35. The first-order chi connectivity index (χ1) is 5.77. The van der Waals surface area contributed by atoms with E-state index in [9.17, 15) is 0 Å². The lowest BCUT2D eigenvalue weighted by atomic mass is 10.3. The average Bonchev–Trinajstić information content (AvgIpc) is 2.52. The quantitative estimate of drug-likeness (QED) is 0.779. The Hall–Kier alpha value is -0.480. The van der Waals surface area contributed by atoms with Crippen LogP contribution in [0.5, 0.6) is 0 Å². The highest BCUT2D eigenvalue weighted by atomic mass is 32.1. The van der Waals surface area contributed by atoms with Crippen LogP contribution < -0.4 is 5.73 Å². The topological polar surface area (TPSA) is 51.8 Å². The maximum absolute atomic E-state index is 5.81. The lowest BCUT2D eigenvalue weighted by Gasteiger charge is -2.00. The van der Waals surface area contributed by atoms with E-state index in [4.69, 9.17) is 5.73 Å². The van der Waals surface area contributed by atoms with Gasteiger partial charge in [0.05, 0.1) is 6.04 Å². The number of aryl methyl sites for hydroxylation is 1. The number of rotatable bonds is 4. The maximum atomic E-state index is 5.81. The summed E-state index contributed by atoms with van der Waals surface area (Å²) >= 11 is 1.64. The van der Waals surface area contributed by atoms with Crippen LogP contribution in [0.3, 0.4) is 0 Å². The van der Waals surface area contributed by atoms with Crippen LogP contribution in [0, 0.1) is 0 Å². The highest BCUT2D eigenvalue weighted by molar-refractivity contribution is 7.11. The van der Waals surface area contributed by atoms with E-state index in [0.29, 0.717) is 0 Å². The molecular formula is C8H15N3S. The van der Waals surface area contributed by atoms with Crippen LogP contribution in [0.15, 0.2) is 0 Å². The standard InChI is InChI=1S/C8H15N3S/c1-3-5-7-10-11-8(12-7)6(9)4-2/h6H,3-5,9H2,1-2H3. The van der Waals surface area contributed by atoms with Crippen molar-refractivity contribution in [3.05, 3.63) is 10.0 Å². The fourth-order valence-electron chi connectivity index (χ4n) is 0.906. The van der Waals surface area contributed by atoms with E-state index in [1.54, 1.807) is 11.3 Å². The molecule has 12 heavy (non-hydrogen) atoms. The zero-order chi connectivity index (χ0) is 8.97. The Bertz CT molecular complexity index is 234. The second-order valence-corrected chi connectivity index (χ2v) is 3.89. The molecule has 1 heterocycles. The lowest BCUT2D eigenvalue weighted by molar-refractivity contribution is 0.681. The van der Waals surface area contributed by atoms with Crippen molar-refractivity contribution in [3.8, 4) is 0 Å². The van der Waals surface area contributed by atoms with Gasteiger partial charge in [0, 0.05) is 6.42 Å². The molecule has 1 aromatic rings. The molecule has 0 saturated carbocycles. The van der Waals surface area contributed by atoms with Crippen molar-refractivity contribution in [3.63, 3.8) is 0 Å². The Morgan fingerprint density at radius 2 is 2.17 bits per heavy atom. The average molecular weight is 185 g/mol. The zero-order valence-electron chi connectivity index (χ0n) is 7.58. The second-order valence-electron chi connectivity index (χ2n) is 2.80. The number of nitrogens with two attached hydrogens (primary N) is 1. The Morgan fingerprint density at radius 1 is 1.42 bits per heavy atom. The maximum Gasteiger partial charge on any atom is 0.134 e. The fourth-order valence-corrected chi connectivity index (χ4v) is 1.93. The number of aromatic nitrogens is 2. The first kappa shape index (κ1) is 9.61. The summed E-state index contributed by atoms with van der Waals surface area (Å²) in [6.45, 7) is 4.20. The molecule has 0 aliphatic heterocycles. The molecule has 68 valence electrons. The van der Waals surface area contributed by atoms with E-state index in [1.807, 2.05) is 0 Å². The Labute approximate surface area is 77.0 Å². The van der Waals surface area contributed by atoms with Gasteiger partial charge in [-0.1, -0.05) is 25.2 Å². The molecule has 0 bridgehead atoms. The molecule has 0 aliphatic carbocycles.